The van der Waals surface area contributed by atoms with Crippen molar-refractivity contribution in [2.24, 2.45) is 0 Å². The van der Waals surface area contributed by atoms with Crippen molar-refractivity contribution in [3.63, 3.8) is 0 Å². The number of hydrogen-bond acceptors (Lipinski definition) is 6. The molecular formula is C18H8Br2N4O2. The average Bonchev–Trinajstić information content (AvgIpc) is 2.60. The predicted molar refractivity (Wildman–Crippen MR) is 106 cm³/mol. The highest BCUT2D eigenvalue weighted by Crippen LogP contribution is 2.37. The highest BCUT2D eigenvalue weighted by atomic mass is 79.9. The molecule has 0 atom stereocenters. The Hall–Kier alpha value is -2.58. The zero-order chi connectivity index (χ0) is 18.0. The molecule has 26 heavy (non-hydrogen) atoms. The molecule has 0 saturated heterocycles. The van der Waals surface area contributed by atoms with E-state index in [4.69, 9.17) is 0 Å². The molecule has 0 bridgehead atoms. The van der Waals surface area contributed by atoms with Crippen molar-refractivity contribution in [2.45, 2.75) is 0 Å². The highest BCUT2D eigenvalue weighted by Gasteiger charge is 2.16. The Bertz CT molecular complexity index is 1390. The molecule has 0 fully saturated rings. The number of benzene rings is 3. The summed E-state index contributed by atoms with van der Waals surface area (Å²) >= 11 is 7.01. The molecule has 3 aromatic carbocycles. The second kappa shape index (κ2) is 5.46. The van der Waals surface area contributed by atoms with Gasteiger partial charge in [0.1, 0.15) is 0 Å². The van der Waals surface area contributed by atoms with Crippen LogP contribution in [0.25, 0.3) is 43.7 Å². The van der Waals surface area contributed by atoms with Gasteiger partial charge in [0.25, 0.3) is 0 Å². The first-order valence-electron chi connectivity index (χ1n) is 7.59. The molecule has 0 aliphatic carbocycles. The van der Waals surface area contributed by atoms with Gasteiger partial charge in [-0.2, -0.15) is 9.97 Å². The largest absolute Gasteiger partial charge is 0.492 e. The Morgan fingerprint density at radius 2 is 1.19 bits per heavy atom. The van der Waals surface area contributed by atoms with E-state index in [1.807, 2.05) is 36.4 Å². The monoisotopic (exact) mass is 470 g/mol. The molecular weight excluding hydrogens is 464 g/mol. The third kappa shape index (κ3) is 2.22. The molecule has 0 spiro atoms. The van der Waals surface area contributed by atoms with Crippen LogP contribution in [-0.2, 0) is 0 Å². The molecule has 0 unspecified atom stereocenters. The number of fused-ring (bicyclic) bond motifs is 7. The highest BCUT2D eigenvalue weighted by molar-refractivity contribution is 9.10. The minimum Gasteiger partial charge on any atom is -0.492 e. The summed E-state index contributed by atoms with van der Waals surface area (Å²) in [7, 11) is 0. The molecule has 2 aromatic heterocycles. The average molecular weight is 472 g/mol. The molecule has 0 aliphatic rings. The van der Waals surface area contributed by atoms with E-state index < -0.39 is 11.9 Å². The third-order valence-electron chi connectivity index (χ3n) is 4.26. The minimum absolute atomic E-state index is 0.137. The van der Waals surface area contributed by atoms with Gasteiger partial charge in [-0.1, -0.05) is 44.0 Å². The van der Waals surface area contributed by atoms with Crippen molar-refractivity contribution in [3.05, 3.63) is 45.3 Å². The van der Waals surface area contributed by atoms with Crippen LogP contribution >= 0.6 is 31.9 Å². The molecule has 5 rings (SSSR count). The number of halogens is 2. The van der Waals surface area contributed by atoms with Gasteiger partial charge in [-0.15, -0.1) is 0 Å². The van der Waals surface area contributed by atoms with Crippen LogP contribution in [0.5, 0.6) is 11.9 Å². The Morgan fingerprint density at radius 3 is 1.81 bits per heavy atom. The van der Waals surface area contributed by atoms with Gasteiger partial charge >= 0.3 is 6.01 Å². The lowest BCUT2D eigenvalue weighted by Gasteiger charge is -2.11. The second-order valence-electron chi connectivity index (χ2n) is 5.82. The first-order chi connectivity index (χ1) is 12.5. The van der Waals surface area contributed by atoms with Gasteiger partial charge in [-0.3, -0.25) is 0 Å². The Kier molecular flexibility index (Phi) is 3.29. The molecule has 126 valence electrons. The maximum atomic E-state index is 10.1. The van der Waals surface area contributed by atoms with Crippen molar-refractivity contribution >= 4 is 75.6 Å². The fourth-order valence-electron chi connectivity index (χ4n) is 3.19. The van der Waals surface area contributed by atoms with Crippen molar-refractivity contribution in [1.82, 2.24) is 19.9 Å². The summed E-state index contributed by atoms with van der Waals surface area (Å²) in [4.78, 5) is 16.6. The van der Waals surface area contributed by atoms with E-state index in [-0.39, 0.29) is 11.2 Å². The van der Waals surface area contributed by atoms with Crippen molar-refractivity contribution in [2.75, 3.05) is 0 Å². The molecule has 0 saturated carbocycles. The van der Waals surface area contributed by atoms with Gasteiger partial charge in [0.05, 0.1) is 11.0 Å². The lowest BCUT2D eigenvalue weighted by atomic mass is 9.99. The topological polar surface area (TPSA) is 92.0 Å². The van der Waals surface area contributed by atoms with Gasteiger partial charge in [0.15, 0.2) is 11.2 Å². The smallest absolute Gasteiger partial charge is 0.319 e. The molecule has 0 radical (unpaired) electrons. The van der Waals surface area contributed by atoms with Gasteiger partial charge in [-0.05, 0) is 35.0 Å². The first-order valence-corrected chi connectivity index (χ1v) is 9.18. The standard InChI is InChI=1S/C18H8Br2N4O2/c19-7-1-3-9-10-4-2-8(20)6-12(10)14-13(11(9)5-7)21-15-16(22-14)23-18(26)24-17(15)25/h1-6H,(H2,22,23,24,25,26). The van der Waals surface area contributed by atoms with Crippen molar-refractivity contribution < 1.29 is 10.2 Å². The van der Waals surface area contributed by atoms with Crippen LogP contribution in [0.1, 0.15) is 0 Å². The Morgan fingerprint density at radius 1 is 0.615 bits per heavy atom. The van der Waals surface area contributed by atoms with Crippen LogP contribution in [0.2, 0.25) is 0 Å². The quantitative estimate of drug-likeness (QED) is 0.248. The van der Waals surface area contributed by atoms with Crippen LogP contribution < -0.4 is 0 Å². The van der Waals surface area contributed by atoms with Crippen LogP contribution in [0.4, 0.5) is 0 Å². The van der Waals surface area contributed by atoms with Crippen molar-refractivity contribution in [3.8, 4) is 11.9 Å². The number of aromatic nitrogens is 4. The Balaban J connectivity index is 2.13. The molecule has 0 aliphatic heterocycles. The van der Waals surface area contributed by atoms with Gasteiger partial charge in [-0.25, -0.2) is 9.97 Å². The van der Waals surface area contributed by atoms with E-state index in [1.54, 1.807) is 0 Å². The molecule has 6 nitrogen and oxygen atoms in total. The normalized spacial score (nSPS) is 11.8. The summed E-state index contributed by atoms with van der Waals surface area (Å²) in [6, 6.07) is 11.4. The second-order valence-corrected chi connectivity index (χ2v) is 7.65. The number of aromatic hydroxyl groups is 2. The van der Waals surface area contributed by atoms with E-state index in [1.165, 1.54) is 0 Å². The maximum Gasteiger partial charge on any atom is 0.319 e. The summed E-state index contributed by atoms with van der Waals surface area (Å²) in [5.74, 6) is -0.403. The first kappa shape index (κ1) is 15.7. The number of nitrogens with zero attached hydrogens (tertiary/aromatic N) is 4. The fourth-order valence-corrected chi connectivity index (χ4v) is 3.91. The Labute approximate surface area is 162 Å². The van der Waals surface area contributed by atoms with Crippen molar-refractivity contribution in [1.29, 1.82) is 0 Å². The van der Waals surface area contributed by atoms with Crippen LogP contribution in [0.15, 0.2) is 45.3 Å². The molecule has 8 heteroatoms. The number of rotatable bonds is 0. The van der Waals surface area contributed by atoms with E-state index in [0.717, 1.165) is 30.5 Å². The molecule has 2 heterocycles. The lowest BCUT2D eigenvalue weighted by Crippen LogP contribution is -1.95. The van der Waals surface area contributed by atoms with E-state index in [9.17, 15) is 10.2 Å². The molecule has 5 aromatic rings. The summed E-state index contributed by atoms with van der Waals surface area (Å²) in [6.45, 7) is 0. The maximum absolute atomic E-state index is 10.1. The van der Waals surface area contributed by atoms with E-state index in [0.29, 0.717) is 11.0 Å². The molecule has 0 amide bonds. The van der Waals surface area contributed by atoms with Crippen LogP contribution in [0.3, 0.4) is 0 Å². The zero-order valence-corrected chi connectivity index (χ0v) is 16.1. The summed E-state index contributed by atoms with van der Waals surface area (Å²) in [6.07, 6.45) is 0. The van der Waals surface area contributed by atoms with Gasteiger partial charge in [0, 0.05) is 19.7 Å². The van der Waals surface area contributed by atoms with E-state index in [2.05, 4.69) is 51.8 Å². The molecule has 2 N–H and O–H groups in total. The summed E-state index contributed by atoms with van der Waals surface area (Å²) in [5.41, 5.74) is 1.55. The third-order valence-corrected chi connectivity index (χ3v) is 5.25. The summed E-state index contributed by atoms with van der Waals surface area (Å²) in [5, 5.41) is 23.5. The van der Waals surface area contributed by atoms with Gasteiger partial charge in [0.2, 0.25) is 5.88 Å². The minimum atomic E-state index is -0.544. The van der Waals surface area contributed by atoms with E-state index >= 15 is 0 Å². The van der Waals surface area contributed by atoms with Crippen LogP contribution in [0, 0.1) is 0 Å². The van der Waals surface area contributed by atoms with Crippen LogP contribution in [-0.4, -0.2) is 30.1 Å². The lowest BCUT2D eigenvalue weighted by molar-refractivity contribution is 0.402. The zero-order valence-electron chi connectivity index (χ0n) is 12.9. The SMILES string of the molecule is Oc1nc(O)c2nc3c4cc(Br)ccc4c4ccc(Br)cc4c3nc2n1. The van der Waals surface area contributed by atoms with Gasteiger partial charge < -0.3 is 10.2 Å². The predicted octanol–water partition coefficient (Wildman–Crippen LogP) is 4.82. The number of hydrogen-bond donors (Lipinski definition) is 2. The summed E-state index contributed by atoms with van der Waals surface area (Å²) < 4.78 is 1.83. The fraction of sp³-hybridized carbons (Fsp3) is 0.